The Labute approximate surface area is 135 Å². The molecular weight excluding hydrogens is 288 g/mol. The van der Waals surface area contributed by atoms with Crippen molar-refractivity contribution in [3.63, 3.8) is 0 Å². The molecule has 3 rings (SSSR count). The van der Waals surface area contributed by atoms with Crippen LogP contribution in [-0.4, -0.2) is 21.0 Å². The van der Waals surface area contributed by atoms with Crippen LogP contribution in [0, 0.1) is 0 Å². The molecule has 2 aromatic heterocycles. The molecule has 1 aromatic carbocycles. The van der Waals surface area contributed by atoms with Gasteiger partial charge in [-0.05, 0) is 26.8 Å². The molecule has 0 aliphatic carbocycles. The molecule has 3 aromatic rings. The second-order valence-corrected chi connectivity index (χ2v) is 6.58. The number of anilines is 1. The van der Waals surface area contributed by atoms with E-state index in [-0.39, 0.29) is 11.4 Å². The van der Waals surface area contributed by atoms with Crippen molar-refractivity contribution in [1.29, 1.82) is 0 Å². The third-order valence-electron chi connectivity index (χ3n) is 3.47. The Morgan fingerprint density at radius 2 is 1.87 bits per heavy atom. The lowest BCUT2D eigenvalue weighted by molar-refractivity contribution is -0.497. The van der Waals surface area contributed by atoms with Crippen LogP contribution in [0.5, 0.6) is 0 Å². The van der Waals surface area contributed by atoms with E-state index in [2.05, 4.69) is 31.1 Å². The second kappa shape index (κ2) is 5.50. The third kappa shape index (κ3) is 2.82. The first-order valence-corrected chi connectivity index (χ1v) is 7.64. The van der Waals surface area contributed by atoms with Crippen molar-refractivity contribution in [1.82, 2.24) is 9.55 Å². The molecule has 0 fully saturated rings. The Bertz CT molecular complexity index is 860. The molecule has 0 saturated carbocycles. The summed E-state index contributed by atoms with van der Waals surface area (Å²) in [5.41, 5.74) is 1.65. The number of hydrogen-bond donors (Lipinski definition) is 1. The van der Waals surface area contributed by atoms with Gasteiger partial charge in [-0.3, -0.25) is 4.79 Å². The molecule has 0 aliphatic heterocycles. The number of benzene rings is 1. The summed E-state index contributed by atoms with van der Waals surface area (Å²) in [6.07, 6.45) is 3.62. The molecule has 118 valence electrons. The summed E-state index contributed by atoms with van der Waals surface area (Å²) in [6, 6.07) is 11.8. The Kier molecular flexibility index (Phi) is 3.64. The molecule has 0 atom stereocenters. The van der Waals surface area contributed by atoms with Gasteiger partial charge in [0.05, 0.1) is 17.9 Å². The zero-order valence-electron chi connectivity index (χ0n) is 13.9. The van der Waals surface area contributed by atoms with Gasteiger partial charge in [0.15, 0.2) is 5.69 Å². The van der Waals surface area contributed by atoms with E-state index < -0.39 is 0 Å². The highest BCUT2D eigenvalue weighted by molar-refractivity contribution is 5.88. The van der Waals surface area contributed by atoms with Crippen LogP contribution in [0.1, 0.15) is 32.5 Å². The van der Waals surface area contributed by atoms with E-state index in [0.717, 1.165) is 17.1 Å². The summed E-state index contributed by atoms with van der Waals surface area (Å²) in [4.78, 5) is 16.7. The van der Waals surface area contributed by atoms with Gasteiger partial charge in [-0.25, -0.2) is 0 Å². The molecule has 0 spiro atoms. The minimum atomic E-state index is -0.151. The lowest BCUT2D eigenvalue weighted by Gasteiger charge is -2.18. The van der Waals surface area contributed by atoms with Crippen LogP contribution in [0.25, 0.3) is 17.0 Å². The number of aromatic nitrogens is 3. The SMILES string of the molecule is CC(=O)n1c(-c2ccccc2)c(NC(C)(C)C)[n+]2cccnc12. The van der Waals surface area contributed by atoms with Crippen LogP contribution < -0.4 is 9.72 Å². The topological polar surface area (TPSA) is 51.0 Å². The molecule has 5 nitrogen and oxygen atoms in total. The number of fused-ring (bicyclic) bond motifs is 1. The first-order valence-electron chi connectivity index (χ1n) is 7.64. The predicted octanol–water partition coefficient (Wildman–Crippen LogP) is 3.16. The number of nitrogens with one attached hydrogen (secondary N) is 1. The van der Waals surface area contributed by atoms with Crippen molar-refractivity contribution < 1.29 is 9.20 Å². The van der Waals surface area contributed by atoms with Crippen LogP contribution in [0.15, 0.2) is 48.8 Å². The van der Waals surface area contributed by atoms with Crippen LogP contribution >= 0.6 is 0 Å². The number of imidazole rings is 1. The predicted molar refractivity (Wildman–Crippen MR) is 90.5 cm³/mol. The molecule has 0 saturated heterocycles. The van der Waals surface area contributed by atoms with E-state index in [1.807, 2.05) is 47.0 Å². The van der Waals surface area contributed by atoms with Gasteiger partial charge >= 0.3 is 5.78 Å². The summed E-state index contributed by atoms with van der Waals surface area (Å²) in [7, 11) is 0. The average molecular weight is 309 g/mol. The van der Waals surface area contributed by atoms with E-state index in [0.29, 0.717) is 5.78 Å². The van der Waals surface area contributed by atoms with E-state index in [1.54, 1.807) is 17.7 Å². The molecule has 23 heavy (non-hydrogen) atoms. The van der Waals surface area contributed by atoms with Gasteiger partial charge in [-0.2, -0.15) is 8.97 Å². The largest absolute Gasteiger partial charge is 0.366 e. The van der Waals surface area contributed by atoms with Crippen LogP contribution in [0.4, 0.5) is 5.82 Å². The van der Waals surface area contributed by atoms with E-state index in [9.17, 15) is 4.79 Å². The third-order valence-corrected chi connectivity index (χ3v) is 3.47. The van der Waals surface area contributed by atoms with Crippen molar-refractivity contribution in [2.45, 2.75) is 33.2 Å². The molecule has 0 amide bonds. The summed E-state index contributed by atoms with van der Waals surface area (Å²) in [5.74, 6) is 1.40. The van der Waals surface area contributed by atoms with Gasteiger partial charge in [0, 0.05) is 12.5 Å². The molecule has 2 heterocycles. The first kappa shape index (κ1) is 15.2. The quantitative estimate of drug-likeness (QED) is 0.740. The van der Waals surface area contributed by atoms with E-state index in [1.165, 1.54) is 0 Å². The molecular formula is C18H21N4O+. The normalized spacial score (nSPS) is 11.7. The van der Waals surface area contributed by atoms with Gasteiger partial charge in [0.2, 0.25) is 5.82 Å². The summed E-state index contributed by atoms with van der Waals surface area (Å²) in [5, 5.41) is 3.52. The van der Waals surface area contributed by atoms with Gasteiger partial charge in [0.25, 0.3) is 5.91 Å². The minimum absolute atomic E-state index is 0.0676. The molecule has 1 N–H and O–H groups in total. The number of carbonyl (C=O) groups is 1. The van der Waals surface area contributed by atoms with Gasteiger partial charge in [0.1, 0.15) is 0 Å². The highest BCUT2D eigenvalue weighted by Gasteiger charge is 2.30. The highest BCUT2D eigenvalue weighted by Crippen LogP contribution is 2.29. The van der Waals surface area contributed by atoms with Crippen LogP contribution in [0.3, 0.4) is 0 Å². The van der Waals surface area contributed by atoms with Crippen LogP contribution in [-0.2, 0) is 0 Å². The lowest BCUT2D eigenvalue weighted by Crippen LogP contribution is -2.34. The monoisotopic (exact) mass is 309 g/mol. The Morgan fingerprint density at radius 3 is 2.48 bits per heavy atom. The number of carbonyl (C=O) groups excluding carboxylic acids is 1. The van der Waals surface area contributed by atoms with Gasteiger partial charge < -0.3 is 5.32 Å². The lowest BCUT2D eigenvalue weighted by atomic mass is 10.1. The van der Waals surface area contributed by atoms with Crippen molar-refractivity contribution in [2.75, 3.05) is 5.32 Å². The average Bonchev–Trinajstić information content (AvgIpc) is 2.81. The Hall–Kier alpha value is -2.69. The molecule has 0 radical (unpaired) electrons. The summed E-state index contributed by atoms with van der Waals surface area (Å²) in [6.45, 7) is 7.84. The number of nitrogens with zero attached hydrogens (tertiary/aromatic N) is 3. The molecule has 0 bridgehead atoms. The van der Waals surface area contributed by atoms with Crippen molar-refractivity contribution in [3.05, 3.63) is 48.8 Å². The minimum Gasteiger partial charge on any atom is -0.314 e. The van der Waals surface area contributed by atoms with E-state index in [4.69, 9.17) is 0 Å². The second-order valence-electron chi connectivity index (χ2n) is 6.58. The van der Waals surface area contributed by atoms with Crippen molar-refractivity contribution in [2.24, 2.45) is 0 Å². The standard InChI is InChI=1S/C18H21N4O/c1-13(23)22-15(14-9-6-5-7-10-14)16(20-18(2,3)4)21-12-8-11-19-17(21)22/h5-12,20H,1-4H3/q+1. The fourth-order valence-electron chi connectivity index (χ4n) is 2.66. The van der Waals surface area contributed by atoms with Crippen molar-refractivity contribution in [3.8, 4) is 11.3 Å². The maximum Gasteiger partial charge on any atom is 0.366 e. The van der Waals surface area contributed by atoms with Gasteiger partial charge in [-0.1, -0.05) is 30.3 Å². The zero-order chi connectivity index (χ0) is 16.6. The summed E-state index contributed by atoms with van der Waals surface area (Å²) < 4.78 is 3.58. The van der Waals surface area contributed by atoms with E-state index >= 15 is 0 Å². The van der Waals surface area contributed by atoms with Crippen molar-refractivity contribution >= 4 is 17.5 Å². The smallest absolute Gasteiger partial charge is 0.314 e. The first-order chi connectivity index (χ1) is 10.9. The Balaban J connectivity index is 2.41. The summed E-state index contributed by atoms with van der Waals surface area (Å²) >= 11 is 0. The molecule has 5 heteroatoms. The zero-order valence-corrected chi connectivity index (χ0v) is 13.9. The highest BCUT2D eigenvalue weighted by atomic mass is 16.1. The maximum atomic E-state index is 12.3. The number of hydrogen-bond acceptors (Lipinski definition) is 3. The van der Waals surface area contributed by atoms with Gasteiger partial charge in [-0.15, -0.1) is 4.98 Å². The fourth-order valence-corrected chi connectivity index (χ4v) is 2.66. The number of rotatable bonds is 2. The molecule has 0 aliphatic rings. The van der Waals surface area contributed by atoms with Crippen LogP contribution in [0.2, 0.25) is 0 Å². The fraction of sp³-hybridized carbons (Fsp3) is 0.278. The molecule has 0 unspecified atom stereocenters. The maximum absolute atomic E-state index is 12.3. The Morgan fingerprint density at radius 1 is 1.17 bits per heavy atom.